The van der Waals surface area contributed by atoms with E-state index in [2.05, 4.69) is 21.5 Å². The maximum Gasteiger partial charge on any atom is 0.225 e. The van der Waals surface area contributed by atoms with Gasteiger partial charge < -0.3 is 5.32 Å². The summed E-state index contributed by atoms with van der Waals surface area (Å²) >= 11 is 1.69. The van der Waals surface area contributed by atoms with Crippen molar-refractivity contribution in [3.63, 3.8) is 0 Å². The minimum Gasteiger partial charge on any atom is -0.311 e. The first-order valence-electron chi connectivity index (χ1n) is 10.1. The van der Waals surface area contributed by atoms with Crippen LogP contribution in [0.1, 0.15) is 35.4 Å². The average Bonchev–Trinajstić information content (AvgIpc) is 3.32. The molecule has 0 saturated heterocycles. The number of rotatable bonds is 8. The summed E-state index contributed by atoms with van der Waals surface area (Å²) in [6.45, 7) is 1.85. The molecule has 0 aliphatic carbocycles. The Balaban J connectivity index is 1.31. The monoisotopic (exact) mass is 440 g/mol. The first-order valence-corrected chi connectivity index (χ1v) is 10.9. The molecule has 0 spiro atoms. The van der Waals surface area contributed by atoms with Crippen LogP contribution in [0, 0.1) is 18.6 Å². The molecular formula is C23H22F2N4OS. The molecule has 0 atom stereocenters. The van der Waals surface area contributed by atoms with Gasteiger partial charge in [0.25, 0.3) is 0 Å². The molecule has 0 fully saturated rings. The van der Waals surface area contributed by atoms with Crippen molar-refractivity contribution in [2.75, 3.05) is 5.32 Å². The van der Waals surface area contributed by atoms with E-state index in [1.54, 1.807) is 17.5 Å². The van der Waals surface area contributed by atoms with Crippen molar-refractivity contribution in [3.8, 4) is 0 Å². The topological polar surface area (TPSA) is 59.8 Å². The molecule has 1 amide bonds. The second kappa shape index (κ2) is 9.34. The van der Waals surface area contributed by atoms with Gasteiger partial charge in [0.1, 0.15) is 17.5 Å². The highest BCUT2D eigenvalue weighted by molar-refractivity contribution is 7.18. The van der Waals surface area contributed by atoms with Gasteiger partial charge in [-0.05, 0) is 56.5 Å². The molecule has 0 aliphatic heterocycles. The van der Waals surface area contributed by atoms with Crippen LogP contribution in [-0.4, -0.2) is 20.7 Å². The number of aryl methyl sites for hydroxylation is 2. The second-order valence-electron chi connectivity index (χ2n) is 7.40. The number of carbonyl (C=O) groups excluding carboxylic acids is 1. The Labute approximate surface area is 182 Å². The van der Waals surface area contributed by atoms with Gasteiger partial charge in [-0.2, -0.15) is 5.10 Å². The average molecular weight is 441 g/mol. The molecule has 0 unspecified atom stereocenters. The minimum atomic E-state index is -0.515. The molecule has 4 rings (SSSR count). The van der Waals surface area contributed by atoms with E-state index in [0.29, 0.717) is 12.2 Å². The Morgan fingerprint density at radius 2 is 2.00 bits per heavy atom. The number of amides is 1. The van der Waals surface area contributed by atoms with E-state index < -0.39 is 11.6 Å². The van der Waals surface area contributed by atoms with E-state index in [0.717, 1.165) is 53.5 Å². The summed E-state index contributed by atoms with van der Waals surface area (Å²) in [5, 5.41) is 8.14. The van der Waals surface area contributed by atoms with Crippen molar-refractivity contribution < 1.29 is 13.6 Å². The summed E-state index contributed by atoms with van der Waals surface area (Å²) in [6.07, 6.45) is 4.39. The van der Waals surface area contributed by atoms with Gasteiger partial charge in [0.2, 0.25) is 5.91 Å². The largest absolute Gasteiger partial charge is 0.311 e. The van der Waals surface area contributed by atoms with E-state index in [1.165, 1.54) is 9.38 Å². The zero-order valence-electron chi connectivity index (χ0n) is 17.1. The number of benzene rings is 2. The second-order valence-corrected chi connectivity index (χ2v) is 8.52. The number of hydrogen-bond acceptors (Lipinski definition) is 4. The van der Waals surface area contributed by atoms with Crippen molar-refractivity contribution in [1.82, 2.24) is 14.8 Å². The van der Waals surface area contributed by atoms with Crippen molar-refractivity contribution >= 4 is 33.3 Å². The SMILES string of the molecule is Cc1cnn(Cc2cc(F)ccc2F)c1NC(=O)CCCCc1nc2ccccc2s1. The summed E-state index contributed by atoms with van der Waals surface area (Å²) < 4.78 is 30.1. The summed E-state index contributed by atoms with van der Waals surface area (Å²) in [5.41, 5.74) is 1.95. The van der Waals surface area contributed by atoms with Gasteiger partial charge >= 0.3 is 0 Å². The molecule has 2 heterocycles. The molecule has 4 aromatic rings. The maximum atomic E-state index is 14.0. The zero-order chi connectivity index (χ0) is 21.8. The molecule has 0 bridgehead atoms. The number of thiazole rings is 1. The van der Waals surface area contributed by atoms with Gasteiger partial charge in [-0.3, -0.25) is 4.79 Å². The fourth-order valence-corrected chi connectivity index (χ4v) is 4.38. The Bertz CT molecular complexity index is 1180. The van der Waals surface area contributed by atoms with E-state index in [-0.39, 0.29) is 18.0 Å². The van der Waals surface area contributed by atoms with Crippen LogP contribution >= 0.6 is 11.3 Å². The highest BCUT2D eigenvalue weighted by atomic mass is 32.1. The molecule has 0 aliphatic rings. The van der Waals surface area contributed by atoms with Crippen LogP contribution in [0.4, 0.5) is 14.6 Å². The normalized spacial score (nSPS) is 11.2. The number of aromatic nitrogens is 3. The van der Waals surface area contributed by atoms with Crippen molar-refractivity contribution in [2.24, 2.45) is 0 Å². The summed E-state index contributed by atoms with van der Waals surface area (Å²) in [4.78, 5) is 17.1. The Morgan fingerprint density at radius 3 is 2.84 bits per heavy atom. The number of fused-ring (bicyclic) bond motifs is 1. The van der Waals surface area contributed by atoms with Crippen molar-refractivity contribution in [1.29, 1.82) is 0 Å². The summed E-state index contributed by atoms with van der Waals surface area (Å²) in [6, 6.07) is 11.3. The quantitative estimate of drug-likeness (QED) is 0.369. The highest BCUT2D eigenvalue weighted by Crippen LogP contribution is 2.23. The number of para-hydroxylation sites is 1. The lowest BCUT2D eigenvalue weighted by atomic mass is 10.2. The molecule has 2 aromatic heterocycles. The number of hydrogen-bond donors (Lipinski definition) is 1. The van der Waals surface area contributed by atoms with Crippen LogP contribution in [0.3, 0.4) is 0 Å². The van der Waals surface area contributed by atoms with Gasteiger partial charge in [-0.25, -0.2) is 18.4 Å². The summed E-state index contributed by atoms with van der Waals surface area (Å²) in [7, 11) is 0. The Kier molecular flexibility index (Phi) is 6.36. The van der Waals surface area contributed by atoms with Crippen LogP contribution in [0.5, 0.6) is 0 Å². The lowest BCUT2D eigenvalue weighted by Crippen LogP contribution is -2.17. The third kappa shape index (κ3) is 5.14. The predicted molar refractivity (Wildman–Crippen MR) is 118 cm³/mol. The van der Waals surface area contributed by atoms with E-state index in [9.17, 15) is 13.6 Å². The highest BCUT2D eigenvalue weighted by Gasteiger charge is 2.14. The molecule has 2 aromatic carbocycles. The smallest absolute Gasteiger partial charge is 0.225 e. The molecule has 8 heteroatoms. The lowest BCUT2D eigenvalue weighted by Gasteiger charge is -2.11. The first kappa shape index (κ1) is 21.1. The first-order chi connectivity index (χ1) is 15.0. The Morgan fingerprint density at radius 1 is 1.16 bits per heavy atom. The predicted octanol–water partition coefficient (Wildman–Crippen LogP) is 5.48. The number of unbranched alkanes of at least 4 members (excludes halogenated alkanes) is 1. The van der Waals surface area contributed by atoms with Gasteiger partial charge in [0, 0.05) is 17.5 Å². The van der Waals surface area contributed by atoms with Gasteiger partial charge in [0.05, 0.1) is 28.0 Å². The molecule has 1 N–H and O–H groups in total. The Hall–Kier alpha value is -3.13. The third-order valence-electron chi connectivity index (χ3n) is 4.99. The molecular weight excluding hydrogens is 418 g/mol. The van der Waals surface area contributed by atoms with Gasteiger partial charge in [-0.15, -0.1) is 11.3 Å². The maximum absolute atomic E-state index is 14.0. The molecule has 160 valence electrons. The number of carbonyl (C=O) groups is 1. The van der Waals surface area contributed by atoms with Gasteiger partial charge in [0.15, 0.2) is 0 Å². The lowest BCUT2D eigenvalue weighted by molar-refractivity contribution is -0.116. The van der Waals surface area contributed by atoms with Crippen LogP contribution < -0.4 is 5.32 Å². The fourth-order valence-electron chi connectivity index (χ4n) is 3.37. The number of anilines is 1. The minimum absolute atomic E-state index is 0.0324. The number of nitrogens with one attached hydrogen (secondary N) is 1. The van der Waals surface area contributed by atoms with Crippen LogP contribution in [0.2, 0.25) is 0 Å². The number of nitrogens with zero attached hydrogens (tertiary/aromatic N) is 3. The van der Waals surface area contributed by atoms with Crippen LogP contribution in [0.15, 0.2) is 48.7 Å². The summed E-state index contributed by atoms with van der Waals surface area (Å²) in [5.74, 6) is -0.658. The number of halogens is 2. The van der Waals surface area contributed by atoms with Crippen LogP contribution in [0.25, 0.3) is 10.2 Å². The van der Waals surface area contributed by atoms with E-state index >= 15 is 0 Å². The molecule has 5 nitrogen and oxygen atoms in total. The molecule has 0 radical (unpaired) electrons. The van der Waals surface area contributed by atoms with E-state index in [4.69, 9.17) is 0 Å². The van der Waals surface area contributed by atoms with Crippen LogP contribution in [-0.2, 0) is 17.8 Å². The molecule has 0 saturated carbocycles. The third-order valence-corrected chi connectivity index (χ3v) is 6.09. The van der Waals surface area contributed by atoms with Crippen molar-refractivity contribution in [2.45, 2.75) is 39.2 Å². The molecule has 31 heavy (non-hydrogen) atoms. The zero-order valence-corrected chi connectivity index (χ0v) is 17.9. The van der Waals surface area contributed by atoms with E-state index in [1.807, 2.05) is 25.1 Å². The standard InChI is InChI=1S/C23H22F2N4OS/c1-15-13-26-29(14-16-12-17(24)10-11-18(16)25)23(15)28-21(30)8-4-5-9-22-27-19-6-2-3-7-20(19)31-22/h2-3,6-7,10-13H,4-5,8-9,14H2,1H3,(H,28,30). The fraction of sp³-hybridized carbons (Fsp3) is 0.261. The van der Waals surface area contributed by atoms with Gasteiger partial charge in [-0.1, -0.05) is 12.1 Å². The van der Waals surface area contributed by atoms with Crippen molar-refractivity contribution in [3.05, 3.63) is 76.4 Å².